The highest BCUT2D eigenvalue weighted by Crippen LogP contribution is 2.15. The zero-order valence-corrected chi connectivity index (χ0v) is 12.1. The molecule has 0 fully saturated rings. The van der Waals surface area contributed by atoms with E-state index in [2.05, 4.69) is 36.2 Å². The molecule has 2 aromatic rings. The first-order chi connectivity index (χ1) is 9.40. The number of hydrogen-bond acceptors (Lipinski definition) is 1. The van der Waals surface area contributed by atoms with Gasteiger partial charge in [-0.05, 0) is 30.5 Å². The molecule has 0 saturated carbocycles. The Morgan fingerprint density at radius 1 is 0.895 bits per heavy atom. The third kappa shape index (κ3) is 4.66. The van der Waals surface area contributed by atoms with Gasteiger partial charge < -0.3 is 0 Å². The fraction of sp³-hybridized carbons (Fsp3) is 0.500. The number of fused-ring (bicyclic) bond motifs is 1. The van der Waals surface area contributed by atoms with Gasteiger partial charge >= 0.3 is 0 Å². The van der Waals surface area contributed by atoms with Gasteiger partial charge in [-0.1, -0.05) is 63.6 Å². The summed E-state index contributed by atoms with van der Waals surface area (Å²) >= 11 is 0. The molecule has 0 amide bonds. The molecule has 0 atom stereocenters. The van der Waals surface area contributed by atoms with E-state index in [1.807, 2.05) is 12.3 Å². The van der Waals surface area contributed by atoms with Crippen molar-refractivity contribution in [3.05, 3.63) is 42.1 Å². The van der Waals surface area contributed by atoms with Gasteiger partial charge in [-0.15, -0.1) is 0 Å². The van der Waals surface area contributed by atoms with Crippen LogP contribution in [0, 0.1) is 0 Å². The summed E-state index contributed by atoms with van der Waals surface area (Å²) in [4.78, 5) is 4.52. The van der Waals surface area contributed by atoms with E-state index in [0.717, 1.165) is 5.52 Å². The molecule has 0 N–H and O–H groups in total. The van der Waals surface area contributed by atoms with Crippen molar-refractivity contribution in [3.8, 4) is 0 Å². The minimum absolute atomic E-state index is 1.10. The summed E-state index contributed by atoms with van der Waals surface area (Å²) < 4.78 is 0. The minimum Gasteiger partial charge on any atom is -0.256 e. The van der Waals surface area contributed by atoms with Crippen LogP contribution in [-0.4, -0.2) is 4.98 Å². The van der Waals surface area contributed by atoms with Crippen LogP contribution in [0.2, 0.25) is 0 Å². The maximum atomic E-state index is 4.52. The molecular formula is C18H25N. The number of hydrogen-bond donors (Lipinski definition) is 0. The van der Waals surface area contributed by atoms with Crippen LogP contribution in [0.15, 0.2) is 36.5 Å². The van der Waals surface area contributed by atoms with Gasteiger partial charge in [0.2, 0.25) is 0 Å². The summed E-state index contributed by atoms with van der Waals surface area (Å²) in [6.45, 7) is 2.27. The van der Waals surface area contributed by atoms with Crippen LogP contribution in [0.3, 0.4) is 0 Å². The summed E-state index contributed by atoms with van der Waals surface area (Å²) in [6.07, 6.45) is 12.8. The van der Waals surface area contributed by atoms with Gasteiger partial charge in [0.1, 0.15) is 0 Å². The Kier molecular flexibility index (Phi) is 5.87. The van der Waals surface area contributed by atoms with E-state index in [-0.39, 0.29) is 0 Å². The molecule has 1 heteroatoms. The Labute approximate surface area is 117 Å². The lowest BCUT2D eigenvalue weighted by molar-refractivity contribution is 0.589. The van der Waals surface area contributed by atoms with Crippen LogP contribution in [-0.2, 0) is 6.42 Å². The lowest BCUT2D eigenvalue weighted by Crippen LogP contribution is -1.89. The molecule has 0 radical (unpaired) electrons. The van der Waals surface area contributed by atoms with Gasteiger partial charge in [0.15, 0.2) is 0 Å². The topological polar surface area (TPSA) is 12.9 Å². The molecule has 1 nitrogen and oxygen atoms in total. The van der Waals surface area contributed by atoms with Crippen molar-refractivity contribution in [2.75, 3.05) is 0 Å². The summed E-state index contributed by atoms with van der Waals surface area (Å²) in [5.41, 5.74) is 2.48. The van der Waals surface area contributed by atoms with E-state index in [0.29, 0.717) is 0 Å². The van der Waals surface area contributed by atoms with Crippen molar-refractivity contribution >= 4 is 10.9 Å². The van der Waals surface area contributed by atoms with E-state index in [9.17, 15) is 0 Å². The lowest BCUT2D eigenvalue weighted by Gasteiger charge is -2.03. The highest BCUT2D eigenvalue weighted by atomic mass is 14.6. The second-order valence-electron chi connectivity index (χ2n) is 5.41. The maximum Gasteiger partial charge on any atom is 0.0702 e. The van der Waals surface area contributed by atoms with Crippen molar-refractivity contribution < 1.29 is 0 Å². The predicted octanol–water partition coefficient (Wildman–Crippen LogP) is 5.53. The minimum atomic E-state index is 1.10. The fourth-order valence-electron chi connectivity index (χ4n) is 2.54. The Balaban J connectivity index is 1.72. The molecule has 1 aromatic heterocycles. The molecular weight excluding hydrogens is 230 g/mol. The Morgan fingerprint density at radius 2 is 1.63 bits per heavy atom. The van der Waals surface area contributed by atoms with Crippen molar-refractivity contribution in [1.82, 2.24) is 4.98 Å². The van der Waals surface area contributed by atoms with Gasteiger partial charge in [-0.2, -0.15) is 0 Å². The molecule has 1 aromatic carbocycles. The van der Waals surface area contributed by atoms with Crippen LogP contribution in [0.4, 0.5) is 0 Å². The number of nitrogens with zero attached hydrogens (tertiary/aromatic N) is 1. The SMILES string of the molecule is CCCCCCCCCc1cnc2ccccc2c1. The molecule has 0 aliphatic rings. The molecule has 1 heterocycles. The standard InChI is InChI=1S/C18H25N/c1-2-3-4-5-6-7-8-11-16-14-17-12-9-10-13-18(17)19-15-16/h9-10,12-15H,2-8,11H2,1H3. The quantitative estimate of drug-likeness (QED) is 0.565. The summed E-state index contributed by atoms with van der Waals surface area (Å²) in [5.74, 6) is 0. The highest BCUT2D eigenvalue weighted by Gasteiger charge is 1.98. The number of para-hydroxylation sites is 1. The van der Waals surface area contributed by atoms with Crippen molar-refractivity contribution in [1.29, 1.82) is 0 Å². The monoisotopic (exact) mass is 255 g/mol. The van der Waals surface area contributed by atoms with Crippen molar-refractivity contribution in [3.63, 3.8) is 0 Å². The van der Waals surface area contributed by atoms with Crippen LogP contribution in [0.5, 0.6) is 0 Å². The van der Waals surface area contributed by atoms with E-state index in [1.165, 1.54) is 62.3 Å². The zero-order chi connectivity index (χ0) is 13.3. The number of unbranched alkanes of at least 4 members (excludes halogenated alkanes) is 6. The summed E-state index contributed by atoms with van der Waals surface area (Å²) in [7, 11) is 0. The van der Waals surface area contributed by atoms with E-state index < -0.39 is 0 Å². The third-order valence-corrected chi connectivity index (χ3v) is 3.72. The fourth-order valence-corrected chi connectivity index (χ4v) is 2.54. The maximum absolute atomic E-state index is 4.52. The average Bonchev–Trinajstić information content (AvgIpc) is 2.46. The third-order valence-electron chi connectivity index (χ3n) is 3.72. The second kappa shape index (κ2) is 7.93. The van der Waals surface area contributed by atoms with Crippen LogP contribution < -0.4 is 0 Å². The van der Waals surface area contributed by atoms with Gasteiger partial charge in [0, 0.05) is 11.6 Å². The van der Waals surface area contributed by atoms with Crippen LogP contribution in [0.1, 0.15) is 57.4 Å². The van der Waals surface area contributed by atoms with E-state index in [4.69, 9.17) is 0 Å². The van der Waals surface area contributed by atoms with Gasteiger partial charge in [0.05, 0.1) is 5.52 Å². The first-order valence-corrected chi connectivity index (χ1v) is 7.74. The highest BCUT2D eigenvalue weighted by molar-refractivity contribution is 5.78. The first kappa shape index (κ1) is 14.0. The largest absolute Gasteiger partial charge is 0.256 e. The molecule has 0 aliphatic heterocycles. The second-order valence-corrected chi connectivity index (χ2v) is 5.41. The average molecular weight is 255 g/mol. The number of pyridine rings is 1. The van der Waals surface area contributed by atoms with Gasteiger partial charge in [-0.25, -0.2) is 0 Å². The number of aromatic nitrogens is 1. The molecule has 0 aliphatic carbocycles. The molecule has 0 bridgehead atoms. The number of aryl methyl sites for hydroxylation is 1. The molecule has 102 valence electrons. The van der Waals surface area contributed by atoms with Crippen LogP contribution in [0.25, 0.3) is 10.9 Å². The first-order valence-electron chi connectivity index (χ1n) is 7.74. The molecule has 0 saturated heterocycles. The summed E-state index contributed by atoms with van der Waals surface area (Å²) in [5, 5.41) is 1.27. The van der Waals surface area contributed by atoms with Crippen molar-refractivity contribution in [2.45, 2.75) is 58.3 Å². The molecule has 0 unspecified atom stereocenters. The van der Waals surface area contributed by atoms with E-state index >= 15 is 0 Å². The lowest BCUT2D eigenvalue weighted by atomic mass is 10.0. The Morgan fingerprint density at radius 3 is 2.47 bits per heavy atom. The smallest absolute Gasteiger partial charge is 0.0702 e. The molecule has 2 rings (SSSR count). The Hall–Kier alpha value is -1.37. The Bertz CT molecular complexity index is 490. The van der Waals surface area contributed by atoms with E-state index in [1.54, 1.807) is 0 Å². The van der Waals surface area contributed by atoms with Gasteiger partial charge in [-0.3, -0.25) is 4.98 Å². The number of rotatable bonds is 8. The summed E-state index contributed by atoms with van der Waals surface area (Å²) in [6, 6.07) is 10.6. The van der Waals surface area contributed by atoms with Crippen LogP contribution >= 0.6 is 0 Å². The molecule has 19 heavy (non-hydrogen) atoms. The normalized spacial score (nSPS) is 11.0. The number of benzene rings is 1. The van der Waals surface area contributed by atoms with Crippen molar-refractivity contribution in [2.24, 2.45) is 0 Å². The predicted molar refractivity (Wildman–Crippen MR) is 83.4 cm³/mol. The molecule has 0 spiro atoms. The van der Waals surface area contributed by atoms with Gasteiger partial charge in [0.25, 0.3) is 0 Å². The zero-order valence-electron chi connectivity index (χ0n) is 12.1.